The molecule has 1 aromatic rings. The molecule has 0 radical (unpaired) electrons. The van der Waals surface area contributed by atoms with E-state index in [0.29, 0.717) is 19.6 Å². The molecular formula is C13H20N4O4S. The van der Waals surface area contributed by atoms with Crippen molar-refractivity contribution < 1.29 is 17.9 Å². The van der Waals surface area contributed by atoms with Crippen molar-refractivity contribution in [3.8, 4) is 0 Å². The second-order valence-corrected chi connectivity index (χ2v) is 7.34. The molecule has 2 N–H and O–H groups in total. The zero-order valence-electron chi connectivity index (χ0n) is 12.4. The summed E-state index contributed by atoms with van der Waals surface area (Å²) in [4.78, 5) is 20.1. The lowest BCUT2D eigenvalue weighted by atomic mass is 10.3. The summed E-state index contributed by atoms with van der Waals surface area (Å²) in [5.41, 5.74) is 0.246. The summed E-state index contributed by atoms with van der Waals surface area (Å²) in [6, 6.07) is 1.31. The predicted molar refractivity (Wildman–Crippen MR) is 81.5 cm³/mol. The van der Waals surface area contributed by atoms with Crippen LogP contribution in [0.5, 0.6) is 0 Å². The SMILES string of the molecule is COCCCNC(=O)c1ccnc(NC2CCS(=O)(=O)C2)n1. The second kappa shape index (κ2) is 7.50. The number of hydrogen-bond acceptors (Lipinski definition) is 7. The maximum Gasteiger partial charge on any atom is 0.270 e. The van der Waals surface area contributed by atoms with E-state index in [9.17, 15) is 13.2 Å². The standard InChI is InChI=1S/C13H20N4O4S/c1-21-7-2-5-14-12(18)11-3-6-15-13(17-11)16-10-4-8-22(19,20)9-10/h3,6,10H,2,4-5,7-9H2,1H3,(H,14,18)(H,15,16,17). The molecule has 1 aliphatic heterocycles. The maximum absolute atomic E-state index is 11.9. The number of hydrogen-bond donors (Lipinski definition) is 2. The zero-order valence-corrected chi connectivity index (χ0v) is 13.2. The highest BCUT2D eigenvalue weighted by molar-refractivity contribution is 7.91. The molecular weight excluding hydrogens is 308 g/mol. The van der Waals surface area contributed by atoms with E-state index >= 15 is 0 Å². The summed E-state index contributed by atoms with van der Waals surface area (Å²) in [6.45, 7) is 1.08. The number of ether oxygens (including phenoxy) is 1. The number of rotatable bonds is 7. The molecule has 2 rings (SSSR count). The minimum absolute atomic E-state index is 0.0732. The van der Waals surface area contributed by atoms with Crippen molar-refractivity contribution in [1.29, 1.82) is 0 Å². The number of carbonyl (C=O) groups is 1. The molecule has 1 atom stereocenters. The molecule has 9 heteroatoms. The van der Waals surface area contributed by atoms with Crippen molar-refractivity contribution in [2.75, 3.05) is 37.1 Å². The average molecular weight is 328 g/mol. The summed E-state index contributed by atoms with van der Waals surface area (Å²) in [5.74, 6) is 0.223. The summed E-state index contributed by atoms with van der Waals surface area (Å²) in [6.07, 6.45) is 2.72. The lowest BCUT2D eigenvalue weighted by Crippen LogP contribution is -2.27. The fraction of sp³-hybridized carbons (Fsp3) is 0.615. The van der Waals surface area contributed by atoms with Gasteiger partial charge in [0, 0.05) is 32.5 Å². The quantitative estimate of drug-likeness (QED) is 0.669. The van der Waals surface area contributed by atoms with Crippen LogP contribution < -0.4 is 10.6 Å². The van der Waals surface area contributed by atoms with Gasteiger partial charge in [0.2, 0.25) is 5.95 Å². The highest BCUT2D eigenvalue weighted by atomic mass is 32.2. The number of nitrogens with one attached hydrogen (secondary N) is 2. The van der Waals surface area contributed by atoms with E-state index < -0.39 is 9.84 Å². The summed E-state index contributed by atoms with van der Waals surface area (Å²) < 4.78 is 27.7. The van der Waals surface area contributed by atoms with Gasteiger partial charge in [0.15, 0.2) is 9.84 Å². The Hall–Kier alpha value is -1.74. The van der Waals surface area contributed by atoms with Gasteiger partial charge in [0.05, 0.1) is 11.5 Å². The van der Waals surface area contributed by atoms with Gasteiger partial charge in [-0.25, -0.2) is 18.4 Å². The highest BCUT2D eigenvalue weighted by Gasteiger charge is 2.28. The lowest BCUT2D eigenvalue weighted by Gasteiger charge is -2.11. The summed E-state index contributed by atoms with van der Waals surface area (Å²) >= 11 is 0. The fourth-order valence-corrected chi connectivity index (χ4v) is 3.83. The largest absolute Gasteiger partial charge is 0.385 e. The van der Waals surface area contributed by atoms with Crippen molar-refractivity contribution in [3.05, 3.63) is 18.0 Å². The van der Waals surface area contributed by atoms with Gasteiger partial charge in [0.1, 0.15) is 5.69 Å². The molecule has 1 amide bonds. The van der Waals surface area contributed by atoms with Crippen LogP contribution in [0.4, 0.5) is 5.95 Å². The molecule has 0 bridgehead atoms. The van der Waals surface area contributed by atoms with Crippen molar-refractivity contribution in [2.24, 2.45) is 0 Å². The Kier molecular flexibility index (Phi) is 5.67. The van der Waals surface area contributed by atoms with Crippen LogP contribution in [0, 0.1) is 0 Å². The first-order chi connectivity index (χ1) is 10.5. The van der Waals surface area contributed by atoms with Crippen LogP contribution >= 0.6 is 0 Å². The molecule has 1 unspecified atom stereocenters. The Bertz CT molecular complexity index is 620. The van der Waals surface area contributed by atoms with Crippen LogP contribution in [0.1, 0.15) is 23.3 Å². The third-order valence-electron chi connectivity index (χ3n) is 3.26. The van der Waals surface area contributed by atoms with E-state index in [1.807, 2.05) is 0 Å². The van der Waals surface area contributed by atoms with Gasteiger partial charge >= 0.3 is 0 Å². The average Bonchev–Trinajstić information content (AvgIpc) is 2.82. The molecule has 1 aliphatic rings. The van der Waals surface area contributed by atoms with Crippen molar-refractivity contribution >= 4 is 21.7 Å². The second-order valence-electron chi connectivity index (χ2n) is 5.11. The smallest absolute Gasteiger partial charge is 0.270 e. The van der Waals surface area contributed by atoms with Crippen LogP contribution in [-0.2, 0) is 14.6 Å². The number of anilines is 1. The van der Waals surface area contributed by atoms with Gasteiger partial charge in [-0.1, -0.05) is 0 Å². The molecule has 22 heavy (non-hydrogen) atoms. The van der Waals surface area contributed by atoms with Gasteiger partial charge < -0.3 is 15.4 Å². The molecule has 0 aliphatic carbocycles. The number of carbonyl (C=O) groups excluding carboxylic acids is 1. The Morgan fingerprint density at radius 3 is 3.00 bits per heavy atom. The number of amides is 1. The third kappa shape index (κ3) is 4.92. The topological polar surface area (TPSA) is 110 Å². The van der Waals surface area contributed by atoms with E-state index in [0.717, 1.165) is 6.42 Å². The molecule has 8 nitrogen and oxygen atoms in total. The molecule has 2 heterocycles. The Labute approximate surface area is 129 Å². The Morgan fingerprint density at radius 2 is 2.32 bits per heavy atom. The van der Waals surface area contributed by atoms with Gasteiger partial charge in [-0.2, -0.15) is 0 Å². The van der Waals surface area contributed by atoms with Crippen LogP contribution in [0.3, 0.4) is 0 Å². The van der Waals surface area contributed by atoms with Gasteiger partial charge in [-0.3, -0.25) is 4.79 Å². The first-order valence-corrected chi connectivity index (χ1v) is 8.89. The van der Waals surface area contributed by atoms with Gasteiger partial charge in [0.25, 0.3) is 5.91 Å². The van der Waals surface area contributed by atoms with E-state index in [1.54, 1.807) is 7.11 Å². The van der Waals surface area contributed by atoms with Crippen molar-refractivity contribution in [2.45, 2.75) is 18.9 Å². The summed E-state index contributed by atoms with van der Waals surface area (Å²) in [5, 5.41) is 5.70. The third-order valence-corrected chi connectivity index (χ3v) is 5.03. The van der Waals surface area contributed by atoms with Crippen LogP contribution in [-0.4, -0.2) is 62.1 Å². The Morgan fingerprint density at radius 1 is 1.50 bits per heavy atom. The number of sulfone groups is 1. The fourth-order valence-electron chi connectivity index (χ4n) is 2.16. The van der Waals surface area contributed by atoms with E-state index in [4.69, 9.17) is 4.74 Å². The Balaban J connectivity index is 1.91. The van der Waals surface area contributed by atoms with Crippen LogP contribution in [0.25, 0.3) is 0 Å². The minimum atomic E-state index is -2.97. The number of nitrogens with zero attached hydrogens (tertiary/aromatic N) is 2. The summed E-state index contributed by atoms with van der Waals surface area (Å²) in [7, 11) is -1.36. The number of methoxy groups -OCH3 is 1. The van der Waals surface area contributed by atoms with Gasteiger partial charge in [-0.05, 0) is 18.9 Å². The molecule has 0 spiro atoms. The number of aromatic nitrogens is 2. The molecule has 0 saturated carbocycles. The van der Waals surface area contributed by atoms with Crippen molar-refractivity contribution in [3.63, 3.8) is 0 Å². The molecule has 1 fully saturated rings. The van der Waals surface area contributed by atoms with E-state index in [-0.39, 0.29) is 35.1 Å². The normalized spacial score (nSPS) is 19.8. The monoisotopic (exact) mass is 328 g/mol. The maximum atomic E-state index is 11.9. The first-order valence-electron chi connectivity index (χ1n) is 7.07. The highest BCUT2D eigenvalue weighted by Crippen LogP contribution is 2.15. The van der Waals surface area contributed by atoms with E-state index in [1.165, 1.54) is 12.3 Å². The minimum Gasteiger partial charge on any atom is -0.385 e. The van der Waals surface area contributed by atoms with Gasteiger partial charge in [-0.15, -0.1) is 0 Å². The molecule has 1 aromatic heterocycles. The molecule has 122 valence electrons. The van der Waals surface area contributed by atoms with Crippen LogP contribution in [0.15, 0.2) is 12.3 Å². The zero-order chi connectivity index (χ0) is 16.0. The first kappa shape index (κ1) is 16.6. The lowest BCUT2D eigenvalue weighted by molar-refractivity contribution is 0.0943. The molecule has 1 saturated heterocycles. The predicted octanol–water partition coefficient (Wildman–Crippen LogP) is -0.158. The van der Waals surface area contributed by atoms with E-state index in [2.05, 4.69) is 20.6 Å². The van der Waals surface area contributed by atoms with Crippen molar-refractivity contribution in [1.82, 2.24) is 15.3 Å². The van der Waals surface area contributed by atoms with Crippen LogP contribution in [0.2, 0.25) is 0 Å². The molecule has 0 aromatic carbocycles.